The van der Waals surface area contributed by atoms with E-state index in [1.165, 1.54) is 12.7 Å². The third kappa shape index (κ3) is 2.76. The zero-order valence-electron chi connectivity index (χ0n) is 13.5. The summed E-state index contributed by atoms with van der Waals surface area (Å²) in [6, 6.07) is 0.300. The molecular formula is C17H19N5O3. The van der Waals surface area contributed by atoms with Gasteiger partial charge in [-0.05, 0) is 19.3 Å². The van der Waals surface area contributed by atoms with Crippen LogP contribution in [0.4, 0.5) is 5.82 Å². The maximum Gasteiger partial charge on any atom is 0.167 e. The molecule has 130 valence electrons. The van der Waals surface area contributed by atoms with Crippen molar-refractivity contribution in [3.63, 3.8) is 0 Å². The molecule has 8 heteroatoms. The van der Waals surface area contributed by atoms with E-state index in [0.717, 1.165) is 19.3 Å². The van der Waals surface area contributed by atoms with Crippen molar-refractivity contribution in [1.82, 2.24) is 19.5 Å². The molecule has 8 nitrogen and oxygen atoms in total. The quantitative estimate of drug-likeness (QED) is 0.554. The Morgan fingerprint density at radius 2 is 2.12 bits per heavy atom. The highest BCUT2D eigenvalue weighted by molar-refractivity contribution is 5.82. The van der Waals surface area contributed by atoms with Gasteiger partial charge in [-0.15, -0.1) is 6.42 Å². The van der Waals surface area contributed by atoms with Crippen LogP contribution in [0.1, 0.15) is 25.5 Å². The minimum atomic E-state index is -1.16. The molecule has 1 saturated heterocycles. The second-order valence-electron chi connectivity index (χ2n) is 6.27. The molecule has 2 aromatic rings. The lowest BCUT2D eigenvalue weighted by atomic mass is 10.0. The van der Waals surface area contributed by atoms with Crippen LogP contribution in [0.5, 0.6) is 0 Å². The highest BCUT2D eigenvalue weighted by atomic mass is 16.6. The van der Waals surface area contributed by atoms with Crippen molar-refractivity contribution in [2.75, 3.05) is 5.32 Å². The van der Waals surface area contributed by atoms with E-state index in [1.807, 2.05) is 0 Å². The van der Waals surface area contributed by atoms with Crippen LogP contribution in [0, 0.1) is 12.3 Å². The van der Waals surface area contributed by atoms with Crippen molar-refractivity contribution in [2.24, 2.45) is 0 Å². The smallest absolute Gasteiger partial charge is 0.167 e. The fraction of sp³-hybridized carbons (Fsp3) is 0.471. The first kappa shape index (κ1) is 16.0. The lowest BCUT2D eigenvalue weighted by molar-refractivity contribution is -0.0230. The Balaban J connectivity index is 1.65. The highest BCUT2D eigenvalue weighted by Gasteiger charge is 2.43. The van der Waals surface area contributed by atoms with Gasteiger partial charge in [0.2, 0.25) is 0 Å². The summed E-state index contributed by atoms with van der Waals surface area (Å²) in [6.07, 6.45) is 11.6. The van der Waals surface area contributed by atoms with Gasteiger partial charge in [-0.3, -0.25) is 4.57 Å². The molecule has 1 aliphatic carbocycles. The number of fused-ring (bicyclic) bond motifs is 1. The summed E-state index contributed by atoms with van der Waals surface area (Å²) >= 11 is 0. The maximum absolute atomic E-state index is 10.2. The molecule has 25 heavy (non-hydrogen) atoms. The first-order valence-electron chi connectivity index (χ1n) is 8.26. The topological polar surface area (TPSA) is 105 Å². The predicted octanol–water partition coefficient (Wildman–Crippen LogP) is 0.599. The number of terminal acetylenes is 1. The van der Waals surface area contributed by atoms with E-state index < -0.39 is 24.5 Å². The number of ether oxygens (including phenoxy) is 1. The van der Waals surface area contributed by atoms with Gasteiger partial charge in [-0.2, -0.15) is 0 Å². The summed E-state index contributed by atoms with van der Waals surface area (Å²) in [5.41, 5.74) is 1.10. The van der Waals surface area contributed by atoms with E-state index in [-0.39, 0.29) is 0 Å². The number of aromatic nitrogens is 4. The van der Waals surface area contributed by atoms with Gasteiger partial charge in [0, 0.05) is 6.04 Å². The molecule has 0 spiro atoms. The fourth-order valence-electron chi connectivity index (χ4n) is 3.29. The van der Waals surface area contributed by atoms with Crippen molar-refractivity contribution in [3.8, 4) is 12.3 Å². The molecule has 1 unspecified atom stereocenters. The van der Waals surface area contributed by atoms with E-state index in [4.69, 9.17) is 11.2 Å². The van der Waals surface area contributed by atoms with E-state index in [9.17, 15) is 10.2 Å². The van der Waals surface area contributed by atoms with Crippen LogP contribution in [0.15, 0.2) is 24.8 Å². The average Bonchev–Trinajstić information content (AvgIpc) is 3.18. The Morgan fingerprint density at radius 1 is 1.24 bits per heavy atom. The van der Waals surface area contributed by atoms with Crippen LogP contribution in [0.2, 0.25) is 0 Å². The number of nitrogens with one attached hydrogen (secondary N) is 1. The molecule has 1 fully saturated rings. The van der Waals surface area contributed by atoms with Crippen LogP contribution < -0.4 is 5.32 Å². The van der Waals surface area contributed by atoms with Gasteiger partial charge >= 0.3 is 0 Å². The van der Waals surface area contributed by atoms with Gasteiger partial charge in [0.25, 0.3) is 0 Å². The second kappa shape index (κ2) is 6.44. The van der Waals surface area contributed by atoms with Crippen LogP contribution in [-0.4, -0.2) is 54.1 Å². The zero-order valence-corrected chi connectivity index (χ0v) is 13.5. The number of imidazole rings is 1. The average molecular weight is 341 g/mol. The molecule has 1 aliphatic heterocycles. The van der Waals surface area contributed by atoms with Crippen LogP contribution in [-0.2, 0) is 4.74 Å². The molecule has 4 rings (SSSR count). The van der Waals surface area contributed by atoms with Crippen molar-refractivity contribution in [2.45, 2.75) is 49.8 Å². The molecule has 2 aliphatic rings. The molecule has 0 saturated carbocycles. The van der Waals surface area contributed by atoms with Crippen LogP contribution in [0.25, 0.3) is 11.2 Å². The first-order valence-corrected chi connectivity index (χ1v) is 8.26. The highest BCUT2D eigenvalue weighted by Crippen LogP contribution is 2.32. The van der Waals surface area contributed by atoms with Gasteiger partial charge in [0.05, 0.1) is 6.33 Å². The number of hydrogen-bond acceptors (Lipinski definition) is 7. The minimum Gasteiger partial charge on any atom is -0.386 e. The molecule has 0 aromatic carbocycles. The number of aliphatic hydroxyl groups excluding tert-OH is 2. The van der Waals surface area contributed by atoms with Crippen molar-refractivity contribution < 1.29 is 14.9 Å². The van der Waals surface area contributed by atoms with Crippen molar-refractivity contribution in [1.29, 1.82) is 0 Å². The largest absolute Gasteiger partial charge is 0.386 e. The normalized spacial score (nSPS) is 32.0. The number of nitrogens with zero attached hydrogens (tertiary/aromatic N) is 4. The number of rotatable bonds is 3. The van der Waals surface area contributed by atoms with Gasteiger partial charge in [-0.1, -0.05) is 18.1 Å². The lowest BCUT2D eigenvalue weighted by Gasteiger charge is -2.20. The first-order chi connectivity index (χ1) is 12.2. The van der Waals surface area contributed by atoms with Gasteiger partial charge < -0.3 is 20.3 Å². The molecule has 0 bridgehead atoms. The molecule has 0 amide bonds. The SMILES string of the molecule is C#C[C@H]1O[C@@H](n2cnc3c(NC4CC=CCC4)ncnc32)[C@H](O)[C@@H]1O. The third-order valence-corrected chi connectivity index (χ3v) is 4.65. The Bertz CT molecular complexity index is 842. The molecule has 3 heterocycles. The van der Waals surface area contributed by atoms with E-state index in [1.54, 1.807) is 4.57 Å². The Labute approximate surface area is 144 Å². The van der Waals surface area contributed by atoms with E-state index in [0.29, 0.717) is 23.0 Å². The number of anilines is 1. The summed E-state index contributed by atoms with van der Waals surface area (Å²) in [7, 11) is 0. The summed E-state index contributed by atoms with van der Waals surface area (Å²) in [6.45, 7) is 0. The molecule has 3 N–H and O–H groups in total. The van der Waals surface area contributed by atoms with Crippen molar-refractivity contribution >= 4 is 17.0 Å². The Hall–Kier alpha value is -2.47. The van der Waals surface area contributed by atoms with Gasteiger partial charge in [0.1, 0.15) is 24.6 Å². The Kier molecular flexibility index (Phi) is 4.13. The maximum atomic E-state index is 10.2. The number of hydrogen-bond donors (Lipinski definition) is 3. The Morgan fingerprint density at radius 3 is 2.84 bits per heavy atom. The summed E-state index contributed by atoms with van der Waals surface area (Å²) in [4.78, 5) is 12.9. The molecule has 2 aromatic heterocycles. The molecular weight excluding hydrogens is 322 g/mol. The predicted molar refractivity (Wildman–Crippen MR) is 90.5 cm³/mol. The monoisotopic (exact) mass is 341 g/mol. The van der Waals surface area contributed by atoms with Crippen LogP contribution >= 0.6 is 0 Å². The van der Waals surface area contributed by atoms with Gasteiger partial charge in [-0.25, -0.2) is 15.0 Å². The summed E-state index contributed by atoms with van der Waals surface area (Å²) < 4.78 is 7.15. The van der Waals surface area contributed by atoms with Crippen LogP contribution in [0.3, 0.4) is 0 Å². The zero-order chi connectivity index (χ0) is 17.4. The second-order valence-corrected chi connectivity index (χ2v) is 6.27. The fourth-order valence-corrected chi connectivity index (χ4v) is 3.29. The minimum absolute atomic E-state index is 0.300. The standard InChI is InChI=1S/C17H19N5O3/c1-2-11-13(23)14(24)17(25-11)22-9-20-12-15(18-8-19-16(12)22)21-10-6-4-3-5-7-10/h1,3-4,8-11,13-14,17,23-24H,5-7H2,(H,18,19,21)/t10?,11-,13-,14-,17-/m1/s1. The molecule has 5 atom stereocenters. The number of aliphatic hydroxyl groups is 2. The summed E-state index contributed by atoms with van der Waals surface area (Å²) in [5, 5.41) is 23.6. The lowest BCUT2D eigenvalue weighted by Crippen LogP contribution is -2.30. The van der Waals surface area contributed by atoms with Gasteiger partial charge in [0.15, 0.2) is 23.2 Å². The third-order valence-electron chi connectivity index (χ3n) is 4.65. The van der Waals surface area contributed by atoms with E-state index >= 15 is 0 Å². The van der Waals surface area contributed by atoms with E-state index in [2.05, 4.69) is 38.3 Å². The summed E-state index contributed by atoms with van der Waals surface area (Å²) in [5.74, 6) is 2.98. The molecule has 0 radical (unpaired) electrons. The van der Waals surface area contributed by atoms with Crippen molar-refractivity contribution in [3.05, 3.63) is 24.8 Å². The number of allylic oxidation sites excluding steroid dienone is 1.